The first-order valence-electron chi connectivity index (χ1n) is 10.4. The Labute approximate surface area is 199 Å². The van der Waals surface area contributed by atoms with Gasteiger partial charge in [0, 0.05) is 11.8 Å². The van der Waals surface area contributed by atoms with Crippen molar-refractivity contribution in [1.29, 1.82) is 5.26 Å². The summed E-state index contributed by atoms with van der Waals surface area (Å²) >= 11 is 6.33. The van der Waals surface area contributed by atoms with Gasteiger partial charge in [-0.2, -0.15) is 15.3 Å². The van der Waals surface area contributed by atoms with Crippen LogP contribution in [0.2, 0.25) is 5.02 Å². The fourth-order valence-corrected chi connectivity index (χ4v) is 3.20. The molecule has 1 aromatic carbocycles. The number of anilines is 1. The van der Waals surface area contributed by atoms with E-state index in [1.165, 1.54) is 18.5 Å². The highest BCUT2D eigenvalue weighted by Gasteiger charge is 2.25. The molecule has 0 aliphatic heterocycles. The van der Waals surface area contributed by atoms with Crippen LogP contribution in [0.5, 0.6) is 5.88 Å². The Bertz CT molecular complexity index is 1350. The highest BCUT2D eigenvalue weighted by molar-refractivity contribution is 6.33. The predicted octanol–water partition coefficient (Wildman–Crippen LogP) is 3.75. The summed E-state index contributed by atoms with van der Waals surface area (Å²) in [7, 11) is 0. The van der Waals surface area contributed by atoms with Crippen LogP contribution in [0.15, 0.2) is 48.8 Å². The lowest BCUT2D eigenvalue weighted by Crippen LogP contribution is -2.38. The van der Waals surface area contributed by atoms with E-state index in [0.29, 0.717) is 33.0 Å². The fraction of sp³-hybridized carbons (Fsp3) is 0.217. The Morgan fingerprint density at radius 1 is 1.21 bits per heavy atom. The van der Waals surface area contributed by atoms with Gasteiger partial charge in [-0.1, -0.05) is 23.7 Å². The molecule has 0 unspecified atom stereocenters. The maximum Gasteiger partial charge on any atom is 0.269 e. The van der Waals surface area contributed by atoms with Gasteiger partial charge < -0.3 is 14.8 Å². The quantitative estimate of drug-likeness (QED) is 0.391. The molecule has 10 nitrogen and oxygen atoms in total. The number of ether oxygens (including phenoxy) is 2. The smallest absolute Gasteiger partial charge is 0.269 e. The van der Waals surface area contributed by atoms with E-state index in [1.54, 1.807) is 24.3 Å². The number of aromatic amines is 1. The van der Waals surface area contributed by atoms with Crippen LogP contribution in [0, 0.1) is 11.3 Å². The number of fused-ring (bicyclic) bond motifs is 1. The summed E-state index contributed by atoms with van der Waals surface area (Å²) in [6.07, 6.45) is 1.68. The molecule has 4 rings (SSSR count). The number of hydrogen-bond acceptors (Lipinski definition) is 8. The minimum absolute atomic E-state index is 0.0371. The van der Waals surface area contributed by atoms with Gasteiger partial charge in [-0.3, -0.25) is 9.89 Å². The molecule has 2 N–H and O–H groups in total. The van der Waals surface area contributed by atoms with Crippen LogP contribution >= 0.6 is 11.6 Å². The van der Waals surface area contributed by atoms with Gasteiger partial charge in [0.2, 0.25) is 12.0 Å². The van der Waals surface area contributed by atoms with Crippen molar-refractivity contribution in [2.24, 2.45) is 0 Å². The average Bonchev–Trinajstić information content (AvgIpc) is 3.31. The van der Waals surface area contributed by atoms with Gasteiger partial charge in [0.1, 0.15) is 17.3 Å². The molecule has 34 heavy (non-hydrogen) atoms. The second-order valence-corrected chi connectivity index (χ2v) is 7.89. The van der Waals surface area contributed by atoms with Crippen molar-refractivity contribution in [3.05, 3.63) is 59.4 Å². The highest BCUT2D eigenvalue weighted by atomic mass is 35.5. The van der Waals surface area contributed by atoms with E-state index in [9.17, 15) is 4.79 Å². The third kappa shape index (κ3) is 5.28. The summed E-state index contributed by atoms with van der Waals surface area (Å²) in [5.41, 5.74) is 1.41. The summed E-state index contributed by atoms with van der Waals surface area (Å²) in [5.74, 6) is 0.242. The number of halogens is 1. The molecule has 172 valence electrons. The molecule has 0 fully saturated rings. The van der Waals surface area contributed by atoms with Crippen LogP contribution in [0.25, 0.3) is 22.4 Å². The third-order valence-corrected chi connectivity index (χ3v) is 4.99. The number of nitriles is 1. The fourth-order valence-electron chi connectivity index (χ4n) is 2.98. The third-order valence-electron chi connectivity index (χ3n) is 4.66. The molecule has 0 bridgehead atoms. The molecular formula is C23H20ClN7O3. The van der Waals surface area contributed by atoms with E-state index in [4.69, 9.17) is 26.3 Å². The number of amides is 1. The Balaban J connectivity index is 1.65. The average molecular weight is 478 g/mol. The van der Waals surface area contributed by atoms with E-state index < -0.39 is 12.0 Å². The summed E-state index contributed by atoms with van der Waals surface area (Å²) < 4.78 is 11.7. The molecule has 1 amide bonds. The number of benzene rings is 1. The maximum absolute atomic E-state index is 13.1. The number of nitrogens with zero attached hydrogens (tertiary/aromatic N) is 5. The van der Waals surface area contributed by atoms with Crippen LogP contribution in [-0.4, -0.2) is 49.9 Å². The van der Waals surface area contributed by atoms with Crippen molar-refractivity contribution in [3.8, 4) is 23.3 Å². The monoisotopic (exact) mass is 477 g/mol. The van der Waals surface area contributed by atoms with Gasteiger partial charge in [0.25, 0.3) is 5.91 Å². The molecule has 0 spiro atoms. The van der Waals surface area contributed by atoms with Crippen LogP contribution in [0.1, 0.15) is 19.4 Å². The molecule has 0 saturated heterocycles. The number of carbonyl (C=O) groups excluding carboxylic acids is 1. The number of aromatic nitrogens is 5. The lowest BCUT2D eigenvalue weighted by Gasteiger charge is -2.20. The maximum atomic E-state index is 13.1. The van der Waals surface area contributed by atoms with E-state index >= 15 is 0 Å². The van der Waals surface area contributed by atoms with Crippen molar-refractivity contribution in [1.82, 2.24) is 25.1 Å². The second kappa shape index (κ2) is 10.2. The first kappa shape index (κ1) is 23.1. The number of pyridine rings is 1. The van der Waals surface area contributed by atoms with Crippen LogP contribution < -0.4 is 10.1 Å². The summed E-state index contributed by atoms with van der Waals surface area (Å²) in [6, 6.07) is 12.2. The van der Waals surface area contributed by atoms with Crippen LogP contribution in [0.3, 0.4) is 0 Å². The van der Waals surface area contributed by atoms with Gasteiger partial charge in [0.15, 0.2) is 11.5 Å². The molecule has 3 aromatic heterocycles. The molecule has 0 radical (unpaired) electrons. The van der Waals surface area contributed by atoms with E-state index in [0.717, 1.165) is 0 Å². The highest BCUT2D eigenvalue weighted by Crippen LogP contribution is 2.30. The van der Waals surface area contributed by atoms with Crippen molar-refractivity contribution in [3.63, 3.8) is 0 Å². The molecule has 1 atom stereocenters. The zero-order valence-electron chi connectivity index (χ0n) is 18.3. The molecule has 4 aromatic rings. The zero-order chi connectivity index (χ0) is 24.1. The van der Waals surface area contributed by atoms with Gasteiger partial charge in [-0.25, -0.2) is 9.97 Å². The minimum atomic E-state index is -1.06. The summed E-state index contributed by atoms with van der Waals surface area (Å²) in [4.78, 5) is 26.1. The van der Waals surface area contributed by atoms with E-state index in [-0.39, 0.29) is 24.4 Å². The van der Waals surface area contributed by atoms with E-state index in [2.05, 4.69) is 30.5 Å². The lowest BCUT2D eigenvalue weighted by atomic mass is 10.2. The molecule has 3 heterocycles. The predicted molar refractivity (Wildman–Crippen MR) is 125 cm³/mol. The molecule has 0 aliphatic carbocycles. The first-order valence-corrected chi connectivity index (χ1v) is 10.7. The van der Waals surface area contributed by atoms with Gasteiger partial charge in [-0.15, -0.1) is 0 Å². The normalized spacial score (nSPS) is 11.9. The Morgan fingerprint density at radius 2 is 2.03 bits per heavy atom. The number of rotatable bonds is 8. The topological polar surface area (TPSA) is 139 Å². The van der Waals surface area contributed by atoms with Crippen molar-refractivity contribution in [2.75, 3.05) is 11.9 Å². The first-order chi connectivity index (χ1) is 16.4. The van der Waals surface area contributed by atoms with Crippen LogP contribution in [0.4, 0.5) is 5.82 Å². The van der Waals surface area contributed by atoms with Crippen molar-refractivity contribution in [2.45, 2.75) is 26.1 Å². The number of carbonyl (C=O) groups is 1. The molecular weight excluding hydrogens is 458 g/mol. The minimum Gasteiger partial charge on any atom is -0.461 e. The van der Waals surface area contributed by atoms with Crippen molar-refractivity contribution < 1.29 is 14.3 Å². The standard InChI is InChI=1S/C23H20ClN7O3/c1-13(2)33-12-18(22(32)28-19-8-7-14(9-25)10-26-19)34-23-16-11-27-31-21(16)29-20(30-23)15-5-3-4-6-17(15)24/h3-8,10-11,13,18H,12H2,1-2H3,(H,26,28,32)(H,27,29,30,31)/t18-/m0/s1. The Hall–Kier alpha value is -4.07. The largest absolute Gasteiger partial charge is 0.461 e. The molecule has 0 aliphatic rings. The number of nitrogens with one attached hydrogen (secondary N) is 2. The summed E-state index contributed by atoms with van der Waals surface area (Å²) in [5, 5.41) is 19.4. The van der Waals surface area contributed by atoms with Crippen molar-refractivity contribution >= 4 is 34.4 Å². The van der Waals surface area contributed by atoms with Gasteiger partial charge in [-0.05, 0) is 38.1 Å². The van der Waals surface area contributed by atoms with Gasteiger partial charge >= 0.3 is 0 Å². The summed E-state index contributed by atoms with van der Waals surface area (Å²) in [6.45, 7) is 3.67. The van der Waals surface area contributed by atoms with Crippen LogP contribution in [-0.2, 0) is 9.53 Å². The number of H-pyrrole nitrogens is 1. The van der Waals surface area contributed by atoms with E-state index in [1.807, 2.05) is 26.0 Å². The zero-order valence-corrected chi connectivity index (χ0v) is 19.1. The lowest BCUT2D eigenvalue weighted by molar-refractivity contribution is -0.126. The Kier molecular flexibility index (Phi) is 6.96. The molecule has 11 heteroatoms. The Morgan fingerprint density at radius 3 is 2.74 bits per heavy atom. The second-order valence-electron chi connectivity index (χ2n) is 7.49. The molecule has 0 saturated carbocycles. The number of hydrogen-bond donors (Lipinski definition) is 2. The SMILES string of the molecule is CC(C)OC[C@H](Oc1nc(-c2ccccc2Cl)nc2[nH]ncc12)C(=O)Nc1ccc(C#N)cn1. The van der Waals surface area contributed by atoms with Gasteiger partial charge in [0.05, 0.1) is 29.5 Å².